The van der Waals surface area contributed by atoms with Crippen molar-refractivity contribution in [3.63, 3.8) is 0 Å². The molecular weight excluding hydrogens is 156 g/mol. The fourth-order valence-corrected chi connectivity index (χ4v) is 0.760. The van der Waals surface area contributed by atoms with Crippen LogP contribution in [0.4, 0.5) is 0 Å². The lowest BCUT2D eigenvalue weighted by Gasteiger charge is -2.09. The number of furan rings is 1. The Bertz CT molecular complexity index is 244. The highest BCUT2D eigenvalue weighted by Gasteiger charge is 2.08. The van der Waals surface area contributed by atoms with E-state index in [0.29, 0.717) is 12.1 Å². The lowest BCUT2D eigenvalue weighted by atomic mass is 10.3. The predicted octanol–water partition coefficient (Wildman–Crippen LogP) is 0.357. The highest BCUT2D eigenvalue weighted by Crippen LogP contribution is 1.99. The minimum atomic E-state index is -0.151. The van der Waals surface area contributed by atoms with Crippen molar-refractivity contribution >= 4 is 5.91 Å². The van der Waals surface area contributed by atoms with Gasteiger partial charge in [0.25, 0.3) is 5.91 Å². The van der Waals surface area contributed by atoms with Crippen molar-refractivity contribution in [1.29, 1.82) is 0 Å². The first-order chi connectivity index (χ1) is 5.74. The highest BCUT2D eigenvalue weighted by atomic mass is 16.3. The molecule has 0 aliphatic carbocycles. The van der Waals surface area contributed by atoms with Crippen LogP contribution in [-0.2, 0) is 0 Å². The molecule has 0 aromatic carbocycles. The van der Waals surface area contributed by atoms with E-state index in [0.717, 1.165) is 0 Å². The molecule has 0 unspecified atom stereocenters. The van der Waals surface area contributed by atoms with Gasteiger partial charge in [0, 0.05) is 12.6 Å². The smallest absolute Gasteiger partial charge is 0.254 e. The molecule has 1 aromatic rings. The molecule has 66 valence electrons. The molecule has 0 saturated carbocycles. The van der Waals surface area contributed by atoms with Crippen molar-refractivity contribution in [1.82, 2.24) is 5.32 Å². The zero-order valence-corrected chi connectivity index (χ0v) is 6.91. The largest absolute Gasteiger partial charge is 0.472 e. The second-order valence-electron chi connectivity index (χ2n) is 2.62. The minimum Gasteiger partial charge on any atom is -0.472 e. The summed E-state index contributed by atoms with van der Waals surface area (Å²) in [6.07, 6.45) is 2.86. The molecule has 4 heteroatoms. The molecule has 0 aliphatic rings. The van der Waals surface area contributed by atoms with Gasteiger partial charge >= 0.3 is 0 Å². The third-order valence-corrected chi connectivity index (χ3v) is 1.51. The predicted molar refractivity (Wildman–Crippen MR) is 44.7 cm³/mol. The maximum atomic E-state index is 11.2. The molecule has 0 saturated heterocycles. The first-order valence-corrected chi connectivity index (χ1v) is 3.77. The Labute approximate surface area is 70.7 Å². The van der Waals surface area contributed by atoms with E-state index in [1.54, 1.807) is 6.07 Å². The van der Waals surface area contributed by atoms with Crippen molar-refractivity contribution in [3.05, 3.63) is 24.2 Å². The molecule has 12 heavy (non-hydrogen) atoms. The number of rotatable bonds is 3. The molecule has 4 nitrogen and oxygen atoms in total. The highest BCUT2D eigenvalue weighted by molar-refractivity contribution is 5.93. The summed E-state index contributed by atoms with van der Waals surface area (Å²) in [6, 6.07) is 1.60. The number of nitrogens with two attached hydrogens (primary N) is 1. The molecule has 0 spiro atoms. The zero-order valence-electron chi connectivity index (χ0n) is 6.91. The average Bonchev–Trinajstić information content (AvgIpc) is 2.56. The first-order valence-electron chi connectivity index (χ1n) is 3.77. The molecule has 0 bridgehead atoms. The molecular formula is C8H12N2O2. The fourth-order valence-electron chi connectivity index (χ4n) is 0.760. The van der Waals surface area contributed by atoms with Crippen LogP contribution in [0.2, 0.25) is 0 Å². The van der Waals surface area contributed by atoms with Gasteiger partial charge in [-0.15, -0.1) is 0 Å². The van der Waals surface area contributed by atoms with Crippen LogP contribution in [0.1, 0.15) is 17.3 Å². The van der Waals surface area contributed by atoms with E-state index in [-0.39, 0.29) is 11.9 Å². The third-order valence-electron chi connectivity index (χ3n) is 1.51. The second kappa shape index (κ2) is 3.92. The Morgan fingerprint density at radius 2 is 2.58 bits per heavy atom. The van der Waals surface area contributed by atoms with Crippen LogP contribution in [0.3, 0.4) is 0 Å². The third kappa shape index (κ3) is 2.10. The van der Waals surface area contributed by atoms with Gasteiger partial charge in [0.1, 0.15) is 6.26 Å². The second-order valence-corrected chi connectivity index (χ2v) is 2.62. The molecule has 1 atom stereocenters. The zero-order chi connectivity index (χ0) is 8.97. The van der Waals surface area contributed by atoms with Crippen LogP contribution < -0.4 is 11.1 Å². The summed E-state index contributed by atoms with van der Waals surface area (Å²) in [5.74, 6) is -0.151. The molecule has 3 N–H and O–H groups in total. The quantitative estimate of drug-likeness (QED) is 0.684. The summed E-state index contributed by atoms with van der Waals surface area (Å²) in [4.78, 5) is 11.2. The maximum Gasteiger partial charge on any atom is 0.254 e. The summed E-state index contributed by atoms with van der Waals surface area (Å²) >= 11 is 0. The van der Waals surface area contributed by atoms with Crippen LogP contribution in [0.15, 0.2) is 23.0 Å². The Balaban J connectivity index is 2.50. The van der Waals surface area contributed by atoms with Crippen molar-refractivity contribution in [2.24, 2.45) is 5.73 Å². The molecule has 1 heterocycles. The van der Waals surface area contributed by atoms with Crippen LogP contribution in [0.5, 0.6) is 0 Å². The number of hydrogen-bond acceptors (Lipinski definition) is 3. The van der Waals surface area contributed by atoms with E-state index in [2.05, 4.69) is 5.32 Å². The van der Waals surface area contributed by atoms with E-state index >= 15 is 0 Å². The van der Waals surface area contributed by atoms with Gasteiger partial charge in [-0.1, -0.05) is 0 Å². The Morgan fingerprint density at radius 1 is 1.83 bits per heavy atom. The van der Waals surface area contributed by atoms with Crippen LogP contribution in [0.25, 0.3) is 0 Å². The summed E-state index contributed by atoms with van der Waals surface area (Å²) in [5.41, 5.74) is 5.86. The van der Waals surface area contributed by atoms with E-state index in [4.69, 9.17) is 10.2 Å². The van der Waals surface area contributed by atoms with Crippen LogP contribution >= 0.6 is 0 Å². The SMILES string of the molecule is C[C@H](CN)NC(=O)c1ccoc1. The Hall–Kier alpha value is -1.29. The first kappa shape index (κ1) is 8.80. The van der Waals surface area contributed by atoms with Crippen molar-refractivity contribution in [2.75, 3.05) is 6.54 Å². The molecule has 1 aromatic heterocycles. The summed E-state index contributed by atoms with van der Waals surface area (Å²) in [7, 11) is 0. The van der Waals surface area contributed by atoms with E-state index in [1.165, 1.54) is 12.5 Å². The standard InChI is InChI=1S/C8H12N2O2/c1-6(4-9)10-8(11)7-2-3-12-5-7/h2-3,5-6H,4,9H2,1H3,(H,10,11)/t6-/m1/s1. The number of hydrogen-bond donors (Lipinski definition) is 2. The minimum absolute atomic E-state index is 0.00704. The molecule has 0 aliphatic heterocycles. The van der Waals surface area contributed by atoms with Crippen molar-refractivity contribution < 1.29 is 9.21 Å². The number of carbonyl (C=O) groups is 1. The van der Waals surface area contributed by atoms with Gasteiger partial charge in [-0.3, -0.25) is 4.79 Å². The normalized spacial score (nSPS) is 12.5. The van der Waals surface area contributed by atoms with Crippen molar-refractivity contribution in [3.8, 4) is 0 Å². The van der Waals surface area contributed by atoms with Gasteiger partial charge in [0.2, 0.25) is 0 Å². The number of nitrogens with one attached hydrogen (secondary N) is 1. The van der Waals surface area contributed by atoms with Crippen LogP contribution in [0, 0.1) is 0 Å². The van der Waals surface area contributed by atoms with E-state index in [1.807, 2.05) is 6.92 Å². The summed E-state index contributed by atoms with van der Waals surface area (Å²) in [6.45, 7) is 2.28. The topological polar surface area (TPSA) is 68.3 Å². The average molecular weight is 168 g/mol. The Kier molecular flexibility index (Phi) is 2.88. The van der Waals surface area contributed by atoms with Gasteiger partial charge in [-0.2, -0.15) is 0 Å². The molecule has 1 amide bonds. The van der Waals surface area contributed by atoms with Gasteiger partial charge in [0.15, 0.2) is 0 Å². The van der Waals surface area contributed by atoms with E-state index < -0.39 is 0 Å². The van der Waals surface area contributed by atoms with Gasteiger partial charge in [-0.05, 0) is 13.0 Å². The Morgan fingerprint density at radius 3 is 3.08 bits per heavy atom. The molecule has 1 rings (SSSR count). The molecule has 0 fully saturated rings. The van der Waals surface area contributed by atoms with Gasteiger partial charge < -0.3 is 15.5 Å². The summed E-state index contributed by atoms with van der Waals surface area (Å²) in [5, 5.41) is 2.71. The molecule has 0 radical (unpaired) electrons. The number of carbonyl (C=O) groups excluding carboxylic acids is 1. The van der Waals surface area contributed by atoms with Crippen LogP contribution in [-0.4, -0.2) is 18.5 Å². The lowest BCUT2D eigenvalue weighted by Crippen LogP contribution is -2.37. The maximum absolute atomic E-state index is 11.2. The lowest BCUT2D eigenvalue weighted by molar-refractivity contribution is 0.0940. The fraction of sp³-hybridized carbons (Fsp3) is 0.375. The van der Waals surface area contributed by atoms with Gasteiger partial charge in [0.05, 0.1) is 11.8 Å². The number of amides is 1. The van der Waals surface area contributed by atoms with Gasteiger partial charge in [-0.25, -0.2) is 0 Å². The van der Waals surface area contributed by atoms with Crippen molar-refractivity contribution in [2.45, 2.75) is 13.0 Å². The van der Waals surface area contributed by atoms with E-state index in [9.17, 15) is 4.79 Å². The monoisotopic (exact) mass is 168 g/mol. The summed E-state index contributed by atoms with van der Waals surface area (Å²) < 4.78 is 4.76.